The molecule has 2 rings (SSSR count). The summed E-state index contributed by atoms with van der Waals surface area (Å²) in [4.78, 5) is 20.2. The molecule has 0 saturated carbocycles. The number of pyridine rings is 1. The van der Waals surface area contributed by atoms with Gasteiger partial charge in [0.1, 0.15) is 0 Å². The van der Waals surface area contributed by atoms with Crippen molar-refractivity contribution in [2.45, 2.75) is 13.8 Å². The van der Waals surface area contributed by atoms with Crippen LogP contribution in [0.5, 0.6) is 0 Å². The van der Waals surface area contributed by atoms with Crippen LogP contribution in [-0.2, 0) is 4.79 Å². The molecule has 0 fully saturated rings. The van der Waals surface area contributed by atoms with Gasteiger partial charge < -0.3 is 4.90 Å². The molecule has 6 nitrogen and oxygen atoms in total. The van der Waals surface area contributed by atoms with Crippen LogP contribution in [-0.4, -0.2) is 27.7 Å². The van der Waals surface area contributed by atoms with Crippen LogP contribution in [0.1, 0.15) is 12.6 Å². The number of hydrogen-bond donors (Lipinski definition) is 0. The molecule has 0 aliphatic rings. The molecular formula is C13H13N5O. The first-order chi connectivity index (χ1) is 9.02. The number of carbonyl (C=O) groups is 1. The lowest BCUT2D eigenvalue weighted by Gasteiger charge is -2.12. The zero-order chi connectivity index (χ0) is 14.0. The third-order valence-electron chi connectivity index (χ3n) is 2.81. The van der Waals surface area contributed by atoms with Crippen LogP contribution in [0.4, 0.5) is 11.4 Å². The van der Waals surface area contributed by atoms with Gasteiger partial charge in [-0.15, -0.1) is 0 Å². The standard InChI is InChI=1S/C13H13N5O/c1-9-13(17(4)10(2)19)8-18(16-9)12-5-11(14-3)6-15-7-12/h5-8H,1-2,4H3. The topological polar surface area (TPSA) is 55.4 Å². The Morgan fingerprint density at radius 1 is 1.47 bits per heavy atom. The van der Waals surface area contributed by atoms with Gasteiger partial charge in [-0.25, -0.2) is 9.53 Å². The van der Waals surface area contributed by atoms with Crippen molar-refractivity contribution >= 4 is 17.3 Å². The van der Waals surface area contributed by atoms with E-state index in [0.29, 0.717) is 11.4 Å². The van der Waals surface area contributed by atoms with Crippen molar-refractivity contribution in [2.75, 3.05) is 11.9 Å². The molecule has 6 heteroatoms. The SMILES string of the molecule is [C-]#[N+]c1cncc(-n2cc(N(C)C(C)=O)c(C)n2)c1. The van der Waals surface area contributed by atoms with E-state index in [-0.39, 0.29) is 5.91 Å². The molecule has 2 aromatic rings. The predicted octanol–water partition coefficient (Wildman–Crippen LogP) is 2.11. The molecule has 1 amide bonds. The highest BCUT2D eigenvalue weighted by molar-refractivity contribution is 5.91. The van der Waals surface area contributed by atoms with Gasteiger partial charge in [0, 0.05) is 26.4 Å². The van der Waals surface area contributed by atoms with Crippen molar-refractivity contribution in [1.82, 2.24) is 14.8 Å². The van der Waals surface area contributed by atoms with Crippen LogP contribution >= 0.6 is 0 Å². The van der Waals surface area contributed by atoms with Gasteiger partial charge in [-0.1, -0.05) is 0 Å². The second-order valence-electron chi connectivity index (χ2n) is 4.14. The summed E-state index contributed by atoms with van der Waals surface area (Å²) in [5, 5.41) is 4.34. The van der Waals surface area contributed by atoms with Crippen LogP contribution in [0.3, 0.4) is 0 Å². The largest absolute Gasteiger partial charge is 0.313 e. The average Bonchev–Trinajstić information content (AvgIpc) is 2.80. The van der Waals surface area contributed by atoms with Crippen molar-refractivity contribution in [3.63, 3.8) is 0 Å². The fraction of sp³-hybridized carbons (Fsp3) is 0.231. The Balaban J connectivity index is 2.45. The monoisotopic (exact) mass is 255 g/mol. The maximum atomic E-state index is 11.4. The number of aryl methyl sites for hydroxylation is 1. The van der Waals surface area contributed by atoms with Gasteiger partial charge in [0.25, 0.3) is 0 Å². The number of aromatic nitrogens is 3. The Bertz CT molecular complexity index is 668. The minimum atomic E-state index is -0.0596. The van der Waals surface area contributed by atoms with Crippen molar-refractivity contribution in [2.24, 2.45) is 0 Å². The number of nitrogens with zero attached hydrogens (tertiary/aromatic N) is 5. The van der Waals surface area contributed by atoms with Gasteiger partial charge in [0.05, 0.1) is 29.8 Å². The van der Waals surface area contributed by atoms with Gasteiger partial charge in [-0.3, -0.25) is 9.78 Å². The van der Waals surface area contributed by atoms with Crippen LogP contribution < -0.4 is 4.90 Å². The van der Waals surface area contributed by atoms with E-state index >= 15 is 0 Å². The van der Waals surface area contributed by atoms with Gasteiger partial charge in [0.2, 0.25) is 11.6 Å². The Labute approximate surface area is 111 Å². The summed E-state index contributed by atoms with van der Waals surface area (Å²) in [7, 11) is 1.70. The summed E-state index contributed by atoms with van der Waals surface area (Å²) in [5.74, 6) is -0.0596. The second kappa shape index (κ2) is 4.90. The fourth-order valence-corrected chi connectivity index (χ4v) is 1.68. The lowest BCUT2D eigenvalue weighted by atomic mass is 10.3. The average molecular weight is 255 g/mol. The molecule has 0 aliphatic heterocycles. The molecule has 2 heterocycles. The normalized spacial score (nSPS) is 10.0. The minimum absolute atomic E-state index is 0.0596. The highest BCUT2D eigenvalue weighted by Gasteiger charge is 2.13. The molecule has 2 aromatic heterocycles. The third-order valence-corrected chi connectivity index (χ3v) is 2.81. The summed E-state index contributed by atoms with van der Waals surface area (Å²) < 4.78 is 1.62. The number of hydrogen-bond acceptors (Lipinski definition) is 3. The van der Waals surface area contributed by atoms with E-state index in [1.165, 1.54) is 18.0 Å². The molecule has 0 bridgehead atoms. The number of carbonyl (C=O) groups excluding carboxylic acids is 1. The summed E-state index contributed by atoms with van der Waals surface area (Å²) in [6.07, 6.45) is 4.87. The van der Waals surface area contributed by atoms with Crippen molar-refractivity contribution in [3.05, 3.63) is 41.8 Å². The van der Waals surface area contributed by atoms with E-state index in [9.17, 15) is 4.79 Å². The maximum Gasteiger partial charge on any atom is 0.223 e. The zero-order valence-electron chi connectivity index (χ0n) is 11.0. The molecule has 96 valence electrons. The lowest BCUT2D eigenvalue weighted by molar-refractivity contribution is -0.116. The second-order valence-corrected chi connectivity index (χ2v) is 4.14. The maximum absolute atomic E-state index is 11.4. The smallest absolute Gasteiger partial charge is 0.223 e. The number of amides is 1. The van der Waals surface area contributed by atoms with E-state index in [2.05, 4.69) is 14.9 Å². The molecule has 0 spiro atoms. The van der Waals surface area contributed by atoms with Crippen molar-refractivity contribution in [1.29, 1.82) is 0 Å². The van der Waals surface area contributed by atoms with Crippen molar-refractivity contribution < 1.29 is 4.79 Å². The van der Waals surface area contributed by atoms with Gasteiger partial charge >= 0.3 is 0 Å². The summed E-state index contributed by atoms with van der Waals surface area (Å²) in [6.45, 7) is 10.3. The molecule has 0 unspecified atom stereocenters. The molecule has 0 radical (unpaired) electrons. The fourth-order valence-electron chi connectivity index (χ4n) is 1.68. The molecule has 0 saturated heterocycles. The predicted molar refractivity (Wildman–Crippen MR) is 71.4 cm³/mol. The Morgan fingerprint density at radius 3 is 2.84 bits per heavy atom. The molecule has 0 N–H and O–H groups in total. The lowest BCUT2D eigenvalue weighted by Crippen LogP contribution is -2.22. The molecule has 0 aromatic carbocycles. The van der Waals surface area contributed by atoms with E-state index < -0.39 is 0 Å². The van der Waals surface area contributed by atoms with Crippen molar-refractivity contribution in [3.8, 4) is 5.69 Å². The first-order valence-corrected chi connectivity index (χ1v) is 5.66. The molecule has 0 aliphatic carbocycles. The van der Waals surface area contributed by atoms with E-state index in [0.717, 1.165) is 11.4 Å². The Hall–Kier alpha value is -2.68. The van der Waals surface area contributed by atoms with Crippen LogP contribution in [0, 0.1) is 13.5 Å². The molecular weight excluding hydrogens is 242 g/mol. The third kappa shape index (κ3) is 2.45. The van der Waals surface area contributed by atoms with Gasteiger partial charge in [0.15, 0.2) is 0 Å². The first kappa shape index (κ1) is 12.8. The highest BCUT2D eigenvalue weighted by atomic mass is 16.2. The summed E-state index contributed by atoms with van der Waals surface area (Å²) >= 11 is 0. The highest BCUT2D eigenvalue weighted by Crippen LogP contribution is 2.21. The molecule has 0 atom stereocenters. The van der Waals surface area contributed by atoms with Gasteiger partial charge in [-0.05, 0) is 13.0 Å². The van der Waals surface area contributed by atoms with E-state index in [1.807, 2.05) is 6.92 Å². The van der Waals surface area contributed by atoms with Crippen LogP contribution in [0.15, 0.2) is 24.7 Å². The van der Waals surface area contributed by atoms with Crippen LogP contribution in [0.2, 0.25) is 0 Å². The Kier molecular flexibility index (Phi) is 3.29. The van der Waals surface area contributed by atoms with E-state index in [1.54, 1.807) is 30.2 Å². The van der Waals surface area contributed by atoms with Crippen LogP contribution in [0.25, 0.3) is 10.5 Å². The number of rotatable bonds is 2. The minimum Gasteiger partial charge on any atom is -0.313 e. The quantitative estimate of drug-likeness (QED) is 0.772. The Morgan fingerprint density at radius 2 is 2.21 bits per heavy atom. The summed E-state index contributed by atoms with van der Waals surface area (Å²) in [5.41, 5.74) is 2.62. The summed E-state index contributed by atoms with van der Waals surface area (Å²) in [6, 6.07) is 1.70. The first-order valence-electron chi connectivity index (χ1n) is 5.66. The van der Waals surface area contributed by atoms with E-state index in [4.69, 9.17) is 6.57 Å². The zero-order valence-corrected chi connectivity index (χ0v) is 11.0. The number of anilines is 1. The van der Waals surface area contributed by atoms with Gasteiger partial charge in [-0.2, -0.15) is 5.10 Å². The molecule has 19 heavy (non-hydrogen) atoms.